The smallest absolute Gasteiger partial charge is 0.328 e. The fourth-order valence-corrected chi connectivity index (χ4v) is 0.849. The highest BCUT2D eigenvalue weighted by Crippen LogP contribution is 1.95. The lowest BCUT2D eigenvalue weighted by Gasteiger charge is -2.12. The molecule has 0 saturated carbocycles. The first kappa shape index (κ1) is 12.2. The molecule has 5 heteroatoms. The van der Waals surface area contributed by atoms with Crippen LogP contribution in [0.3, 0.4) is 0 Å². The fourth-order valence-electron chi connectivity index (χ4n) is 0.849. The predicted molar refractivity (Wildman–Crippen MR) is 50.8 cm³/mol. The predicted octanol–water partition coefficient (Wildman–Crippen LogP) is 0.594. The molecule has 78 valence electrons. The zero-order chi connectivity index (χ0) is 11.1. The molecule has 0 aromatic carbocycles. The van der Waals surface area contributed by atoms with Gasteiger partial charge in [-0.15, -0.1) is 0 Å². The largest absolute Gasteiger partial charge is 0.481 e. The Morgan fingerprint density at radius 1 is 1.43 bits per heavy atom. The number of hydrogen-bond acceptors (Lipinski definition) is 3. The van der Waals surface area contributed by atoms with E-state index in [0.29, 0.717) is 5.70 Å². The first-order chi connectivity index (χ1) is 6.41. The molecule has 0 aliphatic carbocycles. The minimum absolute atomic E-state index is 0.0417. The SMILES string of the molecule is C=C(/C=C/C(=O)O)NC(C)CC(=O)O. The van der Waals surface area contributed by atoms with Crippen molar-refractivity contribution in [3.8, 4) is 0 Å². The highest BCUT2D eigenvalue weighted by atomic mass is 16.4. The van der Waals surface area contributed by atoms with E-state index in [1.54, 1.807) is 6.92 Å². The van der Waals surface area contributed by atoms with E-state index in [1.807, 2.05) is 0 Å². The van der Waals surface area contributed by atoms with Crippen molar-refractivity contribution in [2.75, 3.05) is 0 Å². The number of rotatable bonds is 6. The number of carboxylic acid groups (broad SMARTS) is 2. The molecule has 0 amide bonds. The van der Waals surface area contributed by atoms with Gasteiger partial charge in [0.15, 0.2) is 0 Å². The van der Waals surface area contributed by atoms with Crippen LogP contribution in [0.4, 0.5) is 0 Å². The molecule has 0 heterocycles. The zero-order valence-electron chi connectivity index (χ0n) is 7.86. The average molecular weight is 199 g/mol. The van der Waals surface area contributed by atoms with Crippen molar-refractivity contribution in [3.63, 3.8) is 0 Å². The number of hydrogen-bond donors (Lipinski definition) is 3. The molecule has 0 aliphatic rings. The Morgan fingerprint density at radius 2 is 2.00 bits per heavy atom. The van der Waals surface area contributed by atoms with Crippen LogP contribution in [-0.2, 0) is 9.59 Å². The van der Waals surface area contributed by atoms with Crippen LogP contribution in [0, 0.1) is 0 Å². The Balaban J connectivity index is 3.94. The van der Waals surface area contributed by atoms with Crippen molar-refractivity contribution in [3.05, 3.63) is 24.4 Å². The van der Waals surface area contributed by atoms with Crippen LogP contribution in [0.2, 0.25) is 0 Å². The molecule has 14 heavy (non-hydrogen) atoms. The number of nitrogens with one attached hydrogen (secondary N) is 1. The molecule has 0 radical (unpaired) electrons. The van der Waals surface area contributed by atoms with Gasteiger partial charge in [0, 0.05) is 17.8 Å². The molecule has 5 nitrogen and oxygen atoms in total. The third kappa shape index (κ3) is 6.90. The highest BCUT2D eigenvalue weighted by Gasteiger charge is 2.06. The van der Waals surface area contributed by atoms with Crippen LogP contribution in [0.15, 0.2) is 24.4 Å². The van der Waals surface area contributed by atoms with Gasteiger partial charge in [-0.3, -0.25) is 4.79 Å². The van der Waals surface area contributed by atoms with Gasteiger partial charge in [-0.2, -0.15) is 0 Å². The summed E-state index contributed by atoms with van der Waals surface area (Å²) in [5, 5.41) is 19.5. The van der Waals surface area contributed by atoms with E-state index in [1.165, 1.54) is 6.08 Å². The first-order valence-electron chi connectivity index (χ1n) is 4.00. The maximum atomic E-state index is 10.3. The maximum Gasteiger partial charge on any atom is 0.328 e. The maximum absolute atomic E-state index is 10.3. The number of allylic oxidation sites excluding steroid dienone is 1. The van der Waals surface area contributed by atoms with E-state index in [9.17, 15) is 9.59 Å². The number of carboxylic acids is 2. The van der Waals surface area contributed by atoms with E-state index < -0.39 is 11.9 Å². The molecule has 0 bridgehead atoms. The summed E-state index contributed by atoms with van der Waals surface area (Å²) < 4.78 is 0. The summed E-state index contributed by atoms with van der Waals surface area (Å²) in [6, 6.07) is -0.279. The lowest BCUT2D eigenvalue weighted by Crippen LogP contribution is -2.26. The van der Waals surface area contributed by atoms with Crippen molar-refractivity contribution in [1.29, 1.82) is 0 Å². The summed E-state index contributed by atoms with van der Waals surface area (Å²) >= 11 is 0. The van der Waals surface area contributed by atoms with E-state index in [2.05, 4.69) is 11.9 Å². The zero-order valence-corrected chi connectivity index (χ0v) is 7.86. The monoisotopic (exact) mass is 199 g/mol. The third-order valence-corrected chi connectivity index (χ3v) is 1.34. The summed E-state index contributed by atoms with van der Waals surface area (Å²) in [4.78, 5) is 20.4. The topological polar surface area (TPSA) is 86.6 Å². The second kappa shape index (κ2) is 5.80. The van der Waals surface area contributed by atoms with Gasteiger partial charge in [0.25, 0.3) is 0 Å². The van der Waals surface area contributed by atoms with Gasteiger partial charge in [-0.05, 0) is 13.0 Å². The lowest BCUT2D eigenvalue weighted by molar-refractivity contribution is -0.137. The van der Waals surface area contributed by atoms with E-state index in [4.69, 9.17) is 10.2 Å². The van der Waals surface area contributed by atoms with Crippen LogP contribution in [0.25, 0.3) is 0 Å². The molecule has 0 aromatic rings. The van der Waals surface area contributed by atoms with Gasteiger partial charge in [0.05, 0.1) is 6.42 Å². The number of carbonyl (C=O) groups is 2. The van der Waals surface area contributed by atoms with E-state index >= 15 is 0 Å². The summed E-state index contributed by atoms with van der Waals surface area (Å²) in [7, 11) is 0. The molecule has 1 atom stereocenters. The molecular weight excluding hydrogens is 186 g/mol. The minimum atomic E-state index is -1.07. The molecular formula is C9H13NO4. The molecule has 1 unspecified atom stereocenters. The van der Waals surface area contributed by atoms with Crippen molar-refractivity contribution >= 4 is 11.9 Å². The van der Waals surface area contributed by atoms with Gasteiger partial charge in [0.2, 0.25) is 0 Å². The fraction of sp³-hybridized carbons (Fsp3) is 0.333. The second-order valence-corrected chi connectivity index (χ2v) is 2.84. The molecule has 0 spiro atoms. The van der Waals surface area contributed by atoms with Crippen LogP contribution in [0.1, 0.15) is 13.3 Å². The van der Waals surface area contributed by atoms with Crippen LogP contribution >= 0.6 is 0 Å². The second-order valence-electron chi connectivity index (χ2n) is 2.84. The van der Waals surface area contributed by atoms with Crippen molar-refractivity contribution in [1.82, 2.24) is 5.32 Å². The quantitative estimate of drug-likeness (QED) is 0.430. The first-order valence-corrected chi connectivity index (χ1v) is 4.00. The van der Waals surface area contributed by atoms with Crippen LogP contribution in [-0.4, -0.2) is 28.2 Å². The Kier molecular flexibility index (Phi) is 5.06. The Hall–Kier alpha value is -1.78. The molecule has 0 fully saturated rings. The molecule has 3 N–H and O–H groups in total. The number of aliphatic carboxylic acids is 2. The normalized spacial score (nSPS) is 12.4. The Bertz CT molecular complexity index is 270. The average Bonchev–Trinajstić information content (AvgIpc) is 1.98. The Labute approximate surface area is 81.7 Å². The van der Waals surface area contributed by atoms with Crippen LogP contribution in [0.5, 0.6) is 0 Å². The lowest BCUT2D eigenvalue weighted by atomic mass is 10.2. The van der Waals surface area contributed by atoms with E-state index in [0.717, 1.165) is 6.08 Å². The summed E-state index contributed by atoms with van der Waals surface area (Å²) in [6.45, 7) is 5.19. The van der Waals surface area contributed by atoms with Gasteiger partial charge in [-0.25, -0.2) is 4.79 Å². The molecule has 0 rings (SSSR count). The van der Waals surface area contributed by atoms with Crippen molar-refractivity contribution in [2.24, 2.45) is 0 Å². The highest BCUT2D eigenvalue weighted by molar-refractivity contribution is 5.80. The van der Waals surface area contributed by atoms with Gasteiger partial charge < -0.3 is 15.5 Å². The van der Waals surface area contributed by atoms with E-state index in [-0.39, 0.29) is 12.5 Å². The third-order valence-electron chi connectivity index (χ3n) is 1.34. The van der Waals surface area contributed by atoms with Crippen molar-refractivity contribution in [2.45, 2.75) is 19.4 Å². The standard InChI is InChI=1S/C9H13NO4/c1-6(3-4-8(11)12)10-7(2)5-9(13)14/h3-4,7,10H,1,5H2,2H3,(H,11,12)(H,13,14)/b4-3+. The summed E-state index contributed by atoms with van der Waals surface area (Å²) in [6.07, 6.45) is 2.17. The van der Waals surface area contributed by atoms with Crippen LogP contribution < -0.4 is 5.32 Å². The molecule has 0 aromatic heterocycles. The summed E-state index contributed by atoms with van der Waals surface area (Å²) in [5.41, 5.74) is 0.376. The summed E-state index contributed by atoms with van der Waals surface area (Å²) in [5.74, 6) is -1.99. The molecule has 0 aliphatic heterocycles. The van der Waals surface area contributed by atoms with Gasteiger partial charge in [-0.1, -0.05) is 6.58 Å². The van der Waals surface area contributed by atoms with Gasteiger partial charge >= 0.3 is 11.9 Å². The van der Waals surface area contributed by atoms with Crippen molar-refractivity contribution < 1.29 is 19.8 Å². The Morgan fingerprint density at radius 3 is 2.43 bits per heavy atom. The molecule has 0 saturated heterocycles. The minimum Gasteiger partial charge on any atom is -0.481 e. The van der Waals surface area contributed by atoms with Gasteiger partial charge in [0.1, 0.15) is 0 Å².